The van der Waals surface area contributed by atoms with Gasteiger partial charge < -0.3 is 18.9 Å². The first-order chi connectivity index (χ1) is 15.9. The molecular formula is C26H33N3O4. The van der Waals surface area contributed by atoms with Crippen molar-refractivity contribution in [2.45, 2.75) is 53.0 Å². The third kappa shape index (κ3) is 6.34. The van der Waals surface area contributed by atoms with Crippen molar-refractivity contribution in [3.05, 3.63) is 59.5 Å². The van der Waals surface area contributed by atoms with Crippen LogP contribution in [0.4, 0.5) is 0 Å². The van der Waals surface area contributed by atoms with Crippen LogP contribution in [0.5, 0.6) is 11.5 Å². The van der Waals surface area contributed by atoms with E-state index in [4.69, 9.17) is 14.0 Å². The van der Waals surface area contributed by atoms with Gasteiger partial charge in [-0.1, -0.05) is 49.3 Å². The van der Waals surface area contributed by atoms with Gasteiger partial charge in [-0.3, -0.25) is 4.79 Å². The van der Waals surface area contributed by atoms with Gasteiger partial charge in [0, 0.05) is 31.5 Å². The van der Waals surface area contributed by atoms with E-state index in [1.54, 1.807) is 12.0 Å². The number of carbonyl (C=O) groups is 1. The van der Waals surface area contributed by atoms with Gasteiger partial charge in [0.25, 0.3) is 0 Å². The van der Waals surface area contributed by atoms with E-state index in [1.165, 1.54) is 5.56 Å². The molecule has 0 saturated carbocycles. The molecule has 3 aromatic rings. The van der Waals surface area contributed by atoms with Gasteiger partial charge in [0.2, 0.25) is 17.6 Å². The summed E-state index contributed by atoms with van der Waals surface area (Å²) in [5.74, 6) is 2.87. The zero-order valence-corrected chi connectivity index (χ0v) is 20.1. The highest BCUT2D eigenvalue weighted by Crippen LogP contribution is 2.28. The van der Waals surface area contributed by atoms with Gasteiger partial charge in [0.15, 0.2) is 11.5 Å². The molecule has 1 aromatic heterocycles. The molecule has 0 spiro atoms. The fraction of sp³-hybridized carbons (Fsp3) is 0.423. The number of hydrogen-bond acceptors (Lipinski definition) is 6. The maximum Gasteiger partial charge on any atom is 0.227 e. The van der Waals surface area contributed by atoms with Gasteiger partial charge >= 0.3 is 0 Å². The summed E-state index contributed by atoms with van der Waals surface area (Å²) in [5, 5.41) is 4.08. The summed E-state index contributed by atoms with van der Waals surface area (Å²) in [6, 6.07) is 13.9. The average molecular weight is 452 g/mol. The van der Waals surface area contributed by atoms with Gasteiger partial charge in [0.1, 0.15) is 0 Å². The smallest absolute Gasteiger partial charge is 0.227 e. The van der Waals surface area contributed by atoms with Crippen LogP contribution in [-0.4, -0.2) is 41.2 Å². The van der Waals surface area contributed by atoms with Crippen molar-refractivity contribution in [2.24, 2.45) is 0 Å². The van der Waals surface area contributed by atoms with Gasteiger partial charge in [-0.2, -0.15) is 4.98 Å². The lowest BCUT2D eigenvalue weighted by atomic mass is 10.0. The van der Waals surface area contributed by atoms with Crippen LogP contribution in [0.2, 0.25) is 0 Å². The predicted octanol–water partition coefficient (Wildman–Crippen LogP) is 5.25. The second-order valence-corrected chi connectivity index (χ2v) is 8.11. The summed E-state index contributed by atoms with van der Waals surface area (Å²) in [4.78, 5) is 19.1. The van der Waals surface area contributed by atoms with Crippen LogP contribution in [0.25, 0.3) is 11.4 Å². The maximum absolute atomic E-state index is 12.8. The highest BCUT2D eigenvalue weighted by Gasteiger charge is 2.16. The summed E-state index contributed by atoms with van der Waals surface area (Å²) in [6.07, 6.45) is 0.703. The number of aryl methyl sites for hydroxylation is 1. The van der Waals surface area contributed by atoms with E-state index in [1.807, 2.05) is 44.2 Å². The molecule has 2 aromatic carbocycles. The second kappa shape index (κ2) is 11.5. The number of ether oxygens (including phenoxy) is 2. The van der Waals surface area contributed by atoms with E-state index in [9.17, 15) is 4.79 Å². The van der Waals surface area contributed by atoms with Crippen LogP contribution in [0.1, 0.15) is 57.1 Å². The molecule has 1 amide bonds. The Hall–Kier alpha value is -3.35. The molecule has 7 nitrogen and oxygen atoms in total. The molecule has 176 valence electrons. The van der Waals surface area contributed by atoms with Crippen LogP contribution in [0, 0.1) is 0 Å². The van der Waals surface area contributed by atoms with E-state index in [0.717, 1.165) is 11.1 Å². The largest absolute Gasteiger partial charge is 0.493 e. The zero-order valence-electron chi connectivity index (χ0n) is 20.1. The van der Waals surface area contributed by atoms with Crippen molar-refractivity contribution in [1.82, 2.24) is 15.0 Å². The Labute approximate surface area is 195 Å². The van der Waals surface area contributed by atoms with E-state index in [2.05, 4.69) is 36.1 Å². The normalized spacial score (nSPS) is 11.0. The first-order valence-corrected chi connectivity index (χ1v) is 11.5. The lowest BCUT2D eigenvalue weighted by Crippen LogP contribution is -2.30. The molecule has 0 saturated heterocycles. The Morgan fingerprint density at radius 3 is 2.48 bits per heavy atom. The molecule has 0 bridgehead atoms. The number of benzene rings is 2. The Bertz CT molecular complexity index is 1040. The summed E-state index contributed by atoms with van der Waals surface area (Å²) in [6.45, 7) is 9.88. The number of nitrogens with zero attached hydrogens (tertiary/aromatic N) is 3. The lowest BCUT2D eigenvalue weighted by Gasteiger charge is -2.21. The molecule has 0 unspecified atom stereocenters. The van der Waals surface area contributed by atoms with Gasteiger partial charge in [-0.05, 0) is 43.0 Å². The Morgan fingerprint density at radius 2 is 1.85 bits per heavy atom. The molecule has 0 radical (unpaired) electrons. The van der Waals surface area contributed by atoms with Crippen molar-refractivity contribution in [1.29, 1.82) is 0 Å². The van der Waals surface area contributed by atoms with Gasteiger partial charge in [-0.25, -0.2) is 0 Å². The first-order valence-electron chi connectivity index (χ1n) is 11.5. The van der Waals surface area contributed by atoms with Crippen molar-refractivity contribution in [3.8, 4) is 22.9 Å². The summed E-state index contributed by atoms with van der Waals surface area (Å²) >= 11 is 0. The minimum absolute atomic E-state index is 0.0337. The number of aromatic nitrogens is 2. The van der Waals surface area contributed by atoms with Crippen molar-refractivity contribution < 1.29 is 18.8 Å². The SMILES string of the molecule is CCOc1ccc(CN(CC)C(=O)CCc2nc(-c3ccc(C(C)C)cc3)no2)cc1OC. The van der Waals surface area contributed by atoms with E-state index in [0.29, 0.717) is 61.7 Å². The van der Waals surface area contributed by atoms with Crippen molar-refractivity contribution >= 4 is 5.91 Å². The number of carbonyl (C=O) groups excluding carboxylic acids is 1. The molecular weight excluding hydrogens is 418 g/mol. The number of methoxy groups -OCH3 is 1. The second-order valence-electron chi connectivity index (χ2n) is 8.11. The maximum atomic E-state index is 12.8. The van der Waals surface area contributed by atoms with Gasteiger partial charge in [-0.15, -0.1) is 0 Å². The molecule has 0 fully saturated rings. The molecule has 0 aliphatic carbocycles. The number of amides is 1. The number of hydrogen-bond donors (Lipinski definition) is 0. The lowest BCUT2D eigenvalue weighted by molar-refractivity contribution is -0.131. The topological polar surface area (TPSA) is 77.7 Å². The van der Waals surface area contributed by atoms with E-state index in [-0.39, 0.29) is 5.91 Å². The zero-order chi connectivity index (χ0) is 23.8. The monoisotopic (exact) mass is 451 g/mol. The Kier molecular flexibility index (Phi) is 8.46. The quantitative estimate of drug-likeness (QED) is 0.396. The summed E-state index contributed by atoms with van der Waals surface area (Å²) in [5.41, 5.74) is 3.15. The third-order valence-electron chi connectivity index (χ3n) is 5.49. The van der Waals surface area contributed by atoms with Crippen LogP contribution >= 0.6 is 0 Å². The van der Waals surface area contributed by atoms with Crippen LogP contribution in [-0.2, 0) is 17.8 Å². The molecule has 1 heterocycles. The van der Waals surface area contributed by atoms with Gasteiger partial charge in [0.05, 0.1) is 13.7 Å². The summed E-state index contributed by atoms with van der Waals surface area (Å²) < 4.78 is 16.4. The highest BCUT2D eigenvalue weighted by atomic mass is 16.5. The third-order valence-corrected chi connectivity index (χ3v) is 5.49. The molecule has 0 aliphatic rings. The van der Waals surface area contributed by atoms with Crippen LogP contribution in [0.15, 0.2) is 47.0 Å². The Morgan fingerprint density at radius 1 is 1.09 bits per heavy atom. The Balaban J connectivity index is 1.59. The molecule has 0 N–H and O–H groups in total. The van der Waals surface area contributed by atoms with Crippen LogP contribution in [0.3, 0.4) is 0 Å². The first kappa shape index (κ1) is 24.3. The van der Waals surface area contributed by atoms with E-state index < -0.39 is 0 Å². The standard InChI is InChI=1S/C26H33N3O4/c1-6-29(17-19-8-13-22(32-7-2)23(16-19)31-5)25(30)15-14-24-27-26(28-33-24)21-11-9-20(10-12-21)18(3)4/h8-13,16,18H,6-7,14-15,17H2,1-5H3. The molecule has 3 rings (SSSR count). The van der Waals surface area contributed by atoms with Crippen LogP contribution < -0.4 is 9.47 Å². The van der Waals surface area contributed by atoms with Crippen molar-refractivity contribution in [3.63, 3.8) is 0 Å². The van der Waals surface area contributed by atoms with E-state index >= 15 is 0 Å². The van der Waals surface area contributed by atoms with Crippen molar-refractivity contribution in [2.75, 3.05) is 20.3 Å². The predicted molar refractivity (Wildman–Crippen MR) is 127 cm³/mol. The summed E-state index contributed by atoms with van der Waals surface area (Å²) in [7, 11) is 1.61. The highest BCUT2D eigenvalue weighted by molar-refractivity contribution is 5.76. The average Bonchev–Trinajstić information content (AvgIpc) is 3.31. The molecule has 0 aliphatic heterocycles. The fourth-order valence-electron chi connectivity index (χ4n) is 3.54. The fourth-order valence-corrected chi connectivity index (χ4v) is 3.54. The molecule has 7 heteroatoms. The molecule has 33 heavy (non-hydrogen) atoms. The number of rotatable bonds is 11. The minimum atomic E-state index is 0.0337. The molecule has 0 atom stereocenters. The minimum Gasteiger partial charge on any atom is -0.493 e.